The number of aromatic nitrogens is 2. The second-order valence-corrected chi connectivity index (χ2v) is 3.43. The van der Waals surface area contributed by atoms with Crippen LogP contribution in [0, 0.1) is 0 Å². The number of alkyl halides is 3. The standard InChI is InChI=1S/C11H8F3N3O/c12-11(13,14)7-2-1-3-8(6-7)17-9-10(18)16-5-4-15-9/h1-6H,(H,15,17)(H,16,18). The maximum Gasteiger partial charge on any atom is 0.416 e. The average Bonchev–Trinajstić information content (AvgIpc) is 2.31. The molecule has 0 atom stereocenters. The lowest BCUT2D eigenvalue weighted by Gasteiger charge is -2.10. The van der Waals surface area contributed by atoms with Crippen LogP contribution >= 0.6 is 0 Å². The molecule has 1 aromatic heterocycles. The third kappa shape index (κ3) is 2.68. The Balaban J connectivity index is 2.28. The molecule has 0 radical (unpaired) electrons. The Bertz CT molecular complexity index is 557. The highest BCUT2D eigenvalue weighted by Gasteiger charge is 2.30. The van der Waals surface area contributed by atoms with Gasteiger partial charge in [-0.2, -0.15) is 13.2 Å². The third-order valence-electron chi connectivity index (χ3n) is 2.13. The van der Waals surface area contributed by atoms with E-state index in [-0.39, 0.29) is 17.4 Å². The van der Waals surface area contributed by atoms with Crippen LogP contribution in [0.5, 0.6) is 5.88 Å². The zero-order valence-corrected chi connectivity index (χ0v) is 8.94. The Hall–Kier alpha value is -2.31. The van der Waals surface area contributed by atoms with Crippen molar-refractivity contribution in [2.45, 2.75) is 6.18 Å². The maximum absolute atomic E-state index is 12.5. The summed E-state index contributed by atoms with van der Waals surface area (Å²) in [5.41, 5.74) is -0.614. The van der Waals surface area contributed by atoms with Gasteiger partial charge in [0.2, 0.25) is 0 Å². The Morgan fingerprint density at radius 2 is 1.83 bits per heavy atom. The fourth-order valence-corrected chi connectivity index (χ4v) is 1.33. The van der Waals surface area contributed by atoms with Crippen LogP contribution in [0.3, 0.4) is 0 Å². The predicted octanol–water partition coefficient (Wildman–Crippen LogP) is 2.94. The maximum atomic E-state index is 12.5. The number of halogens is 3. The molecule has 0 saturated carbocycles. The van der Waals surface area contributed by atoms with Crippen LogP contribution in [0.25, 0.3) is 0 Å². The van der Waals surface area contributed by atoms with E-state index in [1.54, 1.807) is 0 Å². The first-order valence-electron chi connectivity index (χ1n) is 4.91. The molecule has 0 bridgehead atoms. The molecule has 4 nitrogen and oxygen atoms in total. The molecule has 0 fully saturated rings. The number of aromatic hydroxyl groups is 1. The van der Waals surface area contributed by atoms with E-state index in [4.69, 9.17) is 0 Å². The summed E-state index contributed by atoms with van der Waals surface area (Å²) in [5.74, 6) is -0.383. The normalized spacial score (nSPS) is 11.3. The number of benzene rings is 1. The number of hydrogen-bond acceptors (Lipinski definition) is 4. The first kappa shape index (κ1) is 12.2. The average molecular weight is 255 g/mol. The summed E-state index contributed by atoms with van der Waals surface area (Å²) < 4.78 is 37.4. The first-order chi connectivity index (χ1) is 8.47. The second kappa shape index (κ2) is 4.52. The lowest BCUT2D eigenvalue weighted by Crippen LogP contribution is -2.05. The molecule has 1 heterocycles. The van der Waals surface area contributed by atoms with Gasteiger partial charge >= 0.3 is 6.18 Å². The molecule has 0 aliphatic rings. The lowest BCUT2D eigenvalue weighted by atomic mass is 10.2. The molecular weight excluding hydrogens is 247 g/mol. The molecule has 0 saturated heterocycles. The van der Waals surface area contributed by atoms with Crippen molar-refractivity contribution >= 4 is 11.5 Å². The van der Waals surface area contributed by atoms with E-state index in [0.29, 0.717) is 0 Å². The van der Waals surface area contributed by atoms with Gasteiger partial charge in [-0.25, -0.2) is 9.97 Å². The highest BCUT2D eigenvalue weighted by atomic mass is 19.4. The van der Waals surface area contributed by atoms with Gasteiger partial charge in [-0.05, 0) is 18.2 Å². The Morgan fingerprint density at radius 1 is 1.11 bits per heavy atom. The fourth-order valence-electron chi connectivity index (χ4n) is 1.33. The molecule has 0 amide bonds. The summed E-state index contributed by atoms with van der Waals surface area (Å²) in [6.45, 7) is 0. The van der Waals surface area contributed by atoms with Gasteiger partial charge in [0.1, 0.15) is 0 Å². The second-order valence-electron chi connectivity index (χ2n) is 3.43. The van der Waals surface area contributed by atoms with Crippen LogP contribution in [-0.2, 0) is 6.18 Å². The highest BCUT2D eigenvalue weighted by molar-refractivity contribution is 5.60. The summed E-state index contributed by atoms with van der Waals surface area (Å²) in [5, 5.41) is 11.9. The van der Waals surface area contributed by atoms with Crippen molar-refractivity contribution in [2.24, 2.45) is 0 Å². The monoisotopic (exact) mass is 255 g/mol. The largest absolute Gasteiger partial charge is 0.491 e. The Kier molecular flexibility index (Phi) is 3.05. The minimum atomic E-state index is -4.41. The summed E-state index contributed by atoms with van der Waals surface area (Å²) >= 11 is 0. The van der Waals surface area contributed by atoms with E-state index in [0.717, 1.165) is 12.1 Å². The number of rotatable bonds is 2. The van der Waals surface area contributed by atoms with Gasteiger partial charge in [-0.15, -0.1) is 0 Å². The van der Waals surface area contributed by atoms with Crippen molar-refractivity contribution in [2.75, 3.05) is 5.32 Å². The number of anilines is 2. The van der Waals surface area contributed by atoms with Crippen molar-refractivity contribution in [1.82, 2.24) is 9.97 Å². The van der Waals surface area contributed by atoms with Gasteiger partial charge in [-0.1, -0.05) is 6.07 Å². The van der Waals surface area contributed by atoms with Gasteiger partial charge in [-0.3, -0.25) is 0 Å². The minimum Gasteiger partial charge on any atom is -0.491 e. The first-order valence-corrected chi connectivity index (χ1v) is 4.91. The third-order valence-corrected chi connectivity index (χ3v) is 2.13. The van der Waals surface area contributed by atoms with Crippen molar-refractivity contribution < 1.29 is 18.3 Å². The molecule has 2 rings (SSSR count). The van der Waals surface area contributed by atoms with Crippen molar-refractivity contribution in [3.8, 4) is 5.88 Å². The summed E-state index contributed by atoms with van der Waals surface area (Å²) in [6, 6.07) is 4.58. The van der Waals surface area contributed by atoms with E-state index >= 15 is 0 Å². The van der Waals surface area contributed by atoms with E-state index in [1.807, 2.05) is 0 Å². The zero-order chi connectivity index (χ0) is 13.2. The predicted molar refractivity (Wildman–Crippen MR) is 58.4 cm³/mol. The van der Waals surface area contributed by atoms with E-state index in [9.17, 15) is 18.3 Å². The van der Waals surface area contributed by atoms with Gasteiger partial charge in [0.25, 0.3) is 5.88 Å². The van der Waals surface area contributed by atoms with Crippen molar-refractivity contribution in [3.05, 3.63) is 42.2 Å². The van der Waals surface area contributed by atoms with Gasteiger partial charge in [0.15, 0.2) is 5.82 Å². The molecule has 94 valence electrons. The molecule has 0 aliphatic heterocycles. The van der Waals surface area contributed by atoms with Crippen LogP contribution in [0.4, 0.5) is 24.7 Å². The molecule has 7 heteroatoms. The summed E-state index contributed by atoms with van der Waals surface area (Å²) in [4.78, 5) is 7.32. The summed E-state index contributed by atoms with van der Waals surface area (Å²) in [6.07, 6.45) is -1.83. The molecule has 18 heavy (non-hydrogen) atoms. The lowest BCUT2D eigenvalue weighted by molar-refractivity contribution is -0.137. The van der Waals surface area contributed by atoms with Crippen LogP contribution in [0.2, 0.25) is 0 Å². The summed E-state index contributed by atoms with van der Waals surface area (Å²) in [7, 11) is 0. The highest BCUT2D eigenvalue weighted by Crippen LogP contribution is 2.31. The van der Waals surface area contributed by atoms with E-state index < -0.39 is 11.7 Å². The SMILES string of the molecule is Oc1nccnc1Nc1cccc(C(F)(F)F)c1. The number of hydrogen-bond donors (Lipinski definition) is 2. The molecule has 2 N–H and O–H groups in total. The molecular formula is C11H8F3N3O. The minimum absolute atomic E-state index is 0.00294. The van der Waals surface area contributed by atoms with Crippen molar-refractivity contribution in [1.29, 1.82) is 0 Å². The molecule has 2 aromatic rings. The smallest absolute Gasteiger partial charge is 0.416 e. The van der Waals surface area contributed by atoms with Gasteiger partial charge < -0.3 is 10.4 Å². The zero-order valence-electron chi connectivity index (χ0n) is 8.94. The number of nitrogens with zero attached hydrogens (tertiary/aromatic N) is 2. The number of nitrogens with one attached hydrogen (secondary N) is 1. The Labute approximate surface area is 100 Å². The molecule has 0 aliphatic carbocycles. The van der Waals surface area contributed by atoms with E-state index in [2.05, 4.69) is 15.3 Å². The fraction of sp³-hybridized carbons (Fsp3) is 0.0909. The van der Waals surface area contributed by atoms with Gasteiger partial charge in [0.05, 0.1) is 5.56 Å². The van der Waals surface area contributed by atoms with E-state index in [1.165, 1.54) is 24.5 Å². The topological polar surface area (TPSA) is 58.0 Å². The molecule has 1 aromatic carbocycles. The van der Waals surface area contributed by atoms with Crippen LogP contribution in [0.15, 0.2) is 36.7 Å². The molecule has 0 unspecified atom stereocenters. The van der Waals surface area contributed by atoms with Gasteiger partial charge in [0, 0.05) is 18.1 Å². The van der Waals surface area contributed by atoms with Crippen LogP contribution in [-0.4, -0.2) is 15.1 Å². The van der Waals surface area contributed by atoms with Crippen LogP contribution < -0.4 is 5.32 Å². The van der Waals surface area contributed by atoms with Crippen LogP contribution in [0.1, 0.15) is 5.56 Å². The van der Waals surface area contributed by atoms with Crippen molar-refractivity contribution in [3.63, 3.8) is 0 Å². The quantitative estimate of drug-likeness (QED) is 0.866. The Morgan fingerprint density at radius 3 is 2.50 bits per heavy atom. The molecule has 0 spiro atoms.